The molecule has 1 aliphatic carbocycles. The number of hydrogen-bond acceptors (Lipinski definition) is 7. The van der Waals surface area contributed by atoms with E-state index in [0.717, 1.165) is 42.9 Å². The summed E-state index contributed by atoms with van der Waals surface area (Å²) in [6.07, 6.45) is 5.37. The lowest BCUT2D eigenvalue weighted by Gasteiger charge is -2.29. The highest BCUT2D eigenvalue weighted by Crippen LogP contribution is 2.28. The largest absolute Gasteiger partial charge is 0.363 e. The van der Waals surface area contributed by atoms with Gasteiger partial charge in [0.2, 0.25) is 5.95 Å². The van der Waals surface area contributed by atoms with Crippen LogP contribution in [-0.2, 0) is 0 Å². The number of aryl methyl sites for hydroxylation is 2. The molecular formula is C21H28N8O. The summed E-state index contributed by atoms with van der Waals surface area (Å²) in [5.41, 5.74) is 1.86. The van der Waals surface area contributed by atoms with Crippen molar-refractivity contribution in [1.29, 1.82) is 0 Å². The predicted molar refractivity (Wildman–Crippen MR) is 116 cm³/mol. The molecule has 0 bridgehead atoms. The monoisotopic (exact) mass is 408 g/mol. The van der Waals surface area contributed by atoms with Gasteiger partial charge in [-0.3, -0.25) is 4.79 Å². The smallest absolute Gasteiger partial charge is 0.267 e. The lowest BCUT2D eigenvalue weighted by atomic mass is 9.91. The summed E-state index contributed by atoms with van der Waals surface area (Å²) in [6.45, 7) is 3.94. The first-order chi connectivity index (χ1) is 14.4. The van der Waals surface area contributed by atoms with Gasteiger partial charge in [0.15, 0.2) is 5.82 Å². The summed E-state index contributed by atoms with van der Waals surface area (Å²) in [5.74, 6) is 2.19. The molecule has 0 unspecified atom stereocenters. The van der Waals surface area contributed by atoms with Crippen molar-refractivity contribution < 1.29 is 0 Å². The van der Waals surface area contributed by atoms with Crippen LogP contribution in [-0.4, -0.2) is 49.7 Å². The van der Waals surface area contributed by atoms with Gasteiger partial charge < -0.3 is 10.2 Å². The zero-order chi connectivity index (χ0) is 21.3. The first kappa shape index (κ1) is 20.1. The summed E-state index contributed by atoms with van der Waals surface area (Å²) >= 11 is 0. The molecule has 1 fully saturated rings. The van der Waals surface area contributed by atoms with Crippen molar-refractivity contribution in [1.82, 2.24) is 29.5 Å². The van der Waals surface area contributed by atoms with E-state index in [1.54, 1.807) is 27.7 Å². The maximum atomic E-state index is 12.5. The second-order valence-corrected chi connectivity index (χ2v) is 8.10. The topological polar surface area (TPSA) is 93.8 Å². The van der Waals surface area contributed by atoms with Crippen LogP contribution in [0.15, 0.2) is 35.3 Å². The van der Waals surface area contributed by atoms with Crippen molar-refractivity contribution in [3.63, 3.8) is 0 Å². The summed E-state index contributed by atoms with van der Waals surface area (Å²) in [7, 11) is 3.92. The second-order valence-electron chi connectivity index (χ2n) is 8.10. The van der Waals surface area contributed by atoms with Gasteiger partial charge in [0.1, 0.15) is 5.82 Å². The molecule has 0 spiro atoms. The van der Waals surface area contributed by atoms with Crippen LogP contribution in [0.25, 0.3) is 5.82 Å². The lowest BCUT2D eigenvalue weighted by Crippen LogP contribution is -2.34. The Kier molecular flexibility index (Phi) is 5.52. The average Bonchev–Trinajstić information content (AvgIpc) is 3.07. The van der Waals surface area contributed by atoms with Crippen LogP contribution in [0.2, 0.25) is 0 Å². The van der Waals surface area contributed by atoms with Crippen molar-refractivity contribution in [2.45, 2.75) is 51.6 Å². The van der Waals surface area contributed by atoms with Crippen molar-refractivity contribution in [3.8, 4) is 5.82 Å². The number of nitrogens with zero attached hydrogens (tertiary/aromatic N) is 7. The van der Waals surface area contributed by atoms with E-state index in [0.29, 0.717) is 11.8 Å². The van der Waals surface area contributed by atoms with Gasteiger partial charge in [-0.1, -0.05) is 0 Å². The normalized spacial score (nSPS) is 18.9. The van der Waals surface area contributed by atoms with E-state index in [9.17, 15) is 4.79 Å². The highest BCUT2D eigenvalue weighted by atomic mass is 16.1. The molecule has 1 saturated carbocycles. The third-order valence-electron chi connectivity index (χ3n) is 5.51. The third-order valence-corrected chi connectivity index (χ3v) is 5.51. The maximum Gasteiger partial charge on any atom is 0.267 e. The van der Waals surface area contributed by atoms with Crippen molar-refractivity contribution in [2.24, 2.45) is 0 Å². The van der Waals surface area contributed by atoms with Crippen molar-refractivity contribution in [3.05, 3.63) is 52.2 Å². The molecule has 0 saturated heterocycles. The van der Waals surface area contributed by atoms with Crippen LogP contribution in [0.3, 0.4) is 0 Å². The fraction of sp³-hybridized carbons (Fsp3) is 0.476. The van der Waals surface area contributed by atoms with Crippen LogP contribution in [0.5, 0.6) is 0 Å². The van der Waals surface area contributed by atoms with Gasteiger partial charge in [-0.15, -0.1) is 5.10 Å². The van der Waals surface area contributed by atoms with Crippen molar-refractivity contribution in [2.75, 3.05) is 24.3 Å². The molecule has 1 N–H and O–H groups in total. The van der Waals surface area contributed by atoms with E-state index in [1.165, 1.54) is 0 Å². The molecule has 3 aromatic rings. The molecule has 9 nitrogen and oxygen atoms in total. The third kappa shape index (κ3) is 4.19. The maximum absolute atomic E-state index is 12.5. The van der Waals surface area contributed by atoms with E-state index in [2.05, 4.69) is 25.5 Å². The summed E-state index contributed by atoms with van der Waals surface area (Å²) in [4.78, 5) is 23.3. The van der Waals surface area contributed by atoms with Crippen LogP contribution in [0, 0.1) is 13.8 Å². The molecule has 0 amide bonds. The Morgan fingerprint density at radius 2 is 1.83 bits per heavy atom. The Morgan fingerprint density at radius 3 is 2.50 bits per heavy atom. The molecule has 3 aromatic heterocycles. The average molecular weight is 409 g/mol. The fourth-order valence-corrected chi connectivity index (χ4v) is 3.97. The van der Waals surface area contributed by atoms with Gasteiger partial charge >= 0.3 is 0 Å². The SMILES string of the molecule is Cc1cc(C)n(-c2ccc(=O)n(C3CCC(Nc4nccc(N(C)C)n4)CC3)n2)n1. The summed E-state index contributed by atoms with van der Waals surface area (Å²) < 4.78 is 3.42. The Balaban J connectivity index is 1.45. The second kappa shape index (κ2) is 8.25. The molecule has 0 atom stereocenters. The first-order valence-corrected chi connectivity index (χ1v) is 10.3. The number of rotatable bonds is 5. The molecule has 0 radical (unpaired) electrons. The van der Waals surface area contributed by atoms with Crippen LogP contribution in [0.4, 0.5) is 11.8 Å². The standard InChI is InChI=1S/C21H28N8O/c1-14-13-15(2)28(25-14)19-9-10-20(30)29(26-19)17-7-5-16(6-8-17)23-21-22-12-11-18(24-21)27(3)4/h9-13,16-17H,5-8H2,1-4H3,(H,22,23,24). The fourth-order valence-electron chi connectivity index (χ4n) is 3.97. The Labute approximate surface area is 175 Å². The molecule has 0 aliphatic heterocycles. The predicted octanol–water partition coefficient (Wildman–Crippen LogP) is 2.50. The minimum atomic E-state index is -0.0706. The number of nitrogens with one attached hydrogen (secondary N) is 1. The van der Waals surface area contributed by atoms with E-state index < -0.39 is 0 Å². The zero-order valence-corrected chi connectivity index (χ0v) is 17.9. The van der Waals surface area contributed by atoms with Gasteiger partial charge in [0.25, 0.3) is 5.56 Å². The Morgan fingerprint density at radius 1 is 1.07 bits per heavy atom. The number of anilines is 2. The molecule has 9 heteroatoms. The Bertz CT molecular complexity index is 1080. The molecular weight excluding hydrogens is 380 g/mol. The Hall–Kier alpha value is -3.23. The van der Waals surface area contributed by atoms with Gasteiger partial charge in [0.05, 0.1) is 11.7 Å². The van der Waals surface area contributed by atoms with Gasteiger partial charge in [-0.2, -0.15) is 10.1 Å². The van der Waals surface area contributed by atoms with E-state index in [4.69, 9.17) is 0 Å². The number of aromatic nitrogens is 6. The quantitative estimate of drug-likeness (QED) is 0.693. The van der Waals surface area contributed by atoms with Crippen molar-refractivity contribution >= 4 is 11.8 Å². The summed E-state index contributed by atoms with van der Waals surface area (Å²) in [6, 6.07) is 7.58. The minimum absolute atomic E-state index is 0.0706. The summed E-state index contributed by atoms with van der Waals surface area (Å²) in [5, 5.41) is 12.6. The highest BCUT2D eigenvalue weighted by Gasteiger charge is 2.25. The highest BCUT2D eigenvalue weighted by molar-refractivity contribution is 5.41. The van der Waals surface area contributed by atoms with Crippen LogP contribution >= 0.6 is 0 Å². The molecule has 158 valence electrons. The lowest BCUT2D eigenvalue weighted by molar-refractivity contribution is 0.302. The molecule has 4 rings (SSSR count). The number of hydrogen-bond donors (Lipinski definition) is 1. The van der Waals surface area contributed by atoms with E-state index >= 15 is 0 Å². The molecule has 30 heavy (non-hydrogen) atoms. The van der Waals surface area contributed by atoms with E-state index in [1.807, 2.05) is 45.0 Å². The van der Waals surface area contributed by atoms with E-state index in [-0.39, 0.29) is 17.6 Å². The van der Waals surface area contributed by atoms with Gasteiger partial charge in [0, 0.05) is 38.1 Å². The van der Waals surface area contributed by atoms with Gasteiger partial charge in [-0.25, -0.2) is 14.3 Å². The molecule has 0 aromatic carbocycles. The van der Waals surface area contributed by atoms with Gasteiger partial charge in [-0.05, 0) is 57.7 Å². The van der Waals surface area contributed by atoms with Crippen LogP contribution in [0.1, 0.15) is 43.1 Å². The zero-order valence-electron chi connectivity index (χ0n) is 17.9. The minimum Gasteiger partial charge on any atom is -0.363 e. The molecule has 1 aliphatic rings. The van der Waals surface area contributed by atoms with Crippen LogP contribution < -0.4 is 15.8 Å². The molecule has 3 heterocycles. The first-order valence-electron chi connectivity index (χ1n) is 10.3.